The minimum atomic E-state index is 0.160. The van der Waals surface area contributed by atoms with E-state index in [-0.39, 0.29) is 5.91 Å². The number of piperazine rings is 1. The zero-order valence-corrected chi connectivity index (χ0v) is 13.3. The molecule has 4 nitrogen and oxygen atoms in total. The van der Waals surface area contributed by atoms with E-state index in [1.807, 2.05) is 29.2 Å². The van der Waals surface area contributed by atoms with Gasteiger partial charge in [-0.05, 0) is 43.7 Å². The number of carbonyl (C=O) groups excluding carboxylic acids is 1. The Kier molecular flexibility index (Phi) is 6.05. The third-order valence-electron chi connectivity index (χ3n) is 3.91. The van der Waals surface area contributed by atoms with E-state index in [9.17, 15) is 4.79 Å². The molecule has 2 rings (SSSR count). The van der Waals surface area contributed by atoms with Crippen LogP contribution in [0.2, 0.25) is 0 Å². The van der Waals surface area contributed by atoms with Crippen LogP contribution >= 0.6 is 0 Å². The Labute approximate surface area is 128 Å². The third kappa shape index (κ3) is 4.46. The highest BCUT2D eigenvalue weighted by Gasteiger charge is 2.21. The molecule has 0 radical (unpaired) electrons. The Bertz CT molecular complexity index is 436. The maximum atomic E-state index is 12.5. The molecular formula is C17H27N3O. The monoisotopic (exact) mass is 289 g/mol. The van der Waals surface area contributed by atoms with Gasteiger partial charge in [-0.15, -0.1) is 0 Å². The number of amides is 1. The fraction of sp³-hybridized carbons (Fsp3) is 0.588. The highest BCUT2D eigenvalue weighted by Crippen LogP contribution is 2.13. The molecule has 1 aromatic carbocycles. The molecule has 1 aliphatic heterocycles. The Balaban J connectivity index is 1.88. The molecule has 0 bridgehead atoms. The first kappa shape index (κ1) is 15.8. The zero-order chi connectivity index (χ0) is 15.1. The van der Waals surface area contributed by atoms with Gasteiger partial charge in [0.25, 0.3) is 5.91 Å². The summed E-state index contributed by atoms with van der Waals surface area (Å²) in [6.07, 6.45) is 2.28. The average Bonchev–Trinajstić information content (AvgIpc) is 2.54. The van der Waals surface area contributed by atoms with Gasteiger partial charge in [0.2, 0.25) is 0 Å². The number of rotatable bonds is 6. The molecule has 116 valence electrons. The van der Waals surface area contributed by atoms with E-state index in [1.165, 1.54) is 6.42 Å². The maximum absolute atomic E-state index is 12.5. The van der Waals surface area contributed by atoms with E-state index in [4.69, 9.17) is 0 Å². The first-order valence-electron chi connectivity index (χ1n) is 8.10. The van der Waals surface area contributed by atoms with Crippen LogP contribution in [0, 0.1) is 0 Å². The quantitative estimate of drug-likeness (QED) is 0.874. The van der Waals surface area contributed by atoms with Gasteiger partial charge in [0.15, 0.2) is 0 Å². The molecular weight excluding hydrogens is 262 g/mol. The molecule has 0 atom stereocenters. The first-order chi connectivity index (χ1) is 10.2. The second kappa shape index (κ2) is 8.03. The van der Waals surface area contributed by atoms with Gasteiger partial charge in [-0.2, -0.15) is 0 Å². The molecule has 1 amide bonds. The summed E-state index contributed by atoms with van der Waals surface area (Å²) in [5.74, 6) is 0.160. The van der Waals surface area contributed by atoms with E-state index in [1.54, 1.807) is 0 Å². The first-order valence-corrected chi connectivity index (χ1v) is 8.10. The van der Waals surface area contributed by atoms with Crippen LogP contribution in [0.5, 0.6) is 0 Å². The van der Waals surface area contributed by atoms with Crippen LogP contribution in [0.3, 0.4) is 0 Å². The van der Waals surface area contributed by atoms with Crippen molar-refractivity contribution in [3.63, 3.8) is 0 Å². The van der Waals surface area contributed by atoms with Gasteiger partial charge >= 0.3 is 0 Å². The Morgan fingerprint density at radius 3 is 2.29 bits per heavy atom. The van der Waals surface area contributed by atoms with E-state index in [0.29, 0.717) is 0 Å². The highest BCUT2D eigenvalue weighted by atomic mass is 16.2. The molecule has 1 aliphatic rings. The third-order valence-corrected chi connectivity index (χ3v) is 3.91. The summed E-state index contributed by atoms with van der Waals surface area (Å²) >= 11 is 0. The van der Waals surface area contributed by atoms with Gasteiger partial charge in [0.1, 0.15) is 0 Å². The van der Waals surface area contributed by atoms with Crippen molar-refractivity contribution in [2.24, 2.45) is 0 Å². The molecule has 0 aromatic heterocycles. The summed E-state index contributed by atoms with van der Waals surface area (Å²) in [7, 11) is 0. The summed E-state index contributed by atoms with van der Waals surface area (Å²) in [5, 5.41) is 3.33. The summed E-state index contributed by atoms with van der Waals surface area (Å²) in [4.78, 5) is 16.9. The van der Waals surface area contributed by atoms with Crippen LogP contribution in [0.1, 0.15) is 37.0 Å². The largest absolute Gasteiger partial charge is 0.385 e. The average molecular weight is 289 g/mol. The minimum absolute atomic E-state index is 0.160. The Morgan fingerprint density at radius 2 is 1.71 bits per heavy atom. The normalized spacial score (nSPS) is 16.0. The molecule has 0 spiro atoms. The van der Waals surface area contributed by atoms with E-state index < -0.39 is 0 Å². The van der Waals surface area contributed by atoms with Gasteiger partial charge in [0, 0.05) is 44.0 Å². The Morgan fingerprint density at radius 1 is 1.05 bits per heavy atom. The summed E-state index contributed by atoms with van der Waals surface area (Å²) in [6.45, 7) is 10.1. The number of nitrogens with one attached hydrogen (secondary N) is 1. The second-order valence-corrected chi connectivity index (χ2v) is 5.64. The molecule has 1 heterocycles. The number of benzene rings is 1. The number of nitrogens with zero attached hydrogens (tertiary/aromatic N) is 2. The van der Waals surface area contributed by atoms with Crippen molar-refractivity contribution in [1.29, 1.82) is 0 Å². The number of hydrogen-bond donors (Lipinski definition) is 1. The van der Waals surface area contributed by atoms with Gasteiger partial charge in [-0.3, -0.25) is 9.69 Å². The van der Waals surface area contributed by atoms with Gasteiger partial charge in [0.05, 0.1) is 0 Å². The van der Waals surface area contributed by atoms with Crippen LogP contribution in [-0.2, 0) is 0 Å². The summed E-state index contributed by atoms with van der Waals surface area (Å²) in [5.41, 5.74) is 1.88. The van der Waals surface area contributed by atoms with Crippen LogP contribution in [-0.4, -0.2) is 55.0 Å². The van der Waals surface area contributed by atoms with Crippen molar-refractivity contribution < 1.29 is 4.79 Å². The fourth-order valence-corrected chi connectivity index (χ4v) is 2.67. The molecule has 1 fully saturated rings. The molecule has 1 N–H and O–H groups in total. The smallest absolute Gasteiger partial charge is 0.253 e. The molecule has 1 saturated heterocycles. The van der Waals surface area contributed by atoms with Crippen molar-refractivity contribution in [1.82, 2.24) is 9.80 Å². The van der Waals surface area contributed by atoms with E-state index >= 15 is 0 Å². The van der Waals surface area contributed by atoms with Crippen LogP contribution in [0.4, 0.5) is 5.69 Å². The van der Waals surface area contributed by atoms with Crippen molar-refractivity contribution in [2.75, 3.05) is 44.6 Å². The molecule has 21 heavy (non-hydrogen) atoms. The lowest BCUT2D eigenvalue weighted by Gasteiger charge is -2.34. The van der Waals surface area contributed by atoms with Crippen LogP contribution < -0.4 is 5.32 Å². The predicted octanol–water partition coefficient (Wildman–Crippen LogP) is 2.68. The number of hydrogen-bond acceptors (Lipinski definition) is 3. The molecule has 1 aromatic rings. The van der Waals surface area contributed by atoms with Crippen molar-refractivity contribution in [3.8, 4) is 0 Å². The number of carbonyl (C=O) groups is 1. The zero-order valence-electron chi connectivity index (χ0n) is 13.3. The lowest BCUT2D eigenvalue weighted by atomic mass is 10.1. The Hall–Kier alpha value is -1.55. The van der Waals surface area contributed by atoms with E-state index in [2.05, 4.69) is 24.1 Å². The second-order valence-electron chi connectivity index (χ2n) is 5.64. The molecule has 0 aliphatic carbocycles. The lowest BCUT2D eigenvalue weighted by molar-refractivity contribution is 0.0637. The van der Waals surface area contributed by atoms with Crippen molar-refractivity contribution >= 4 is 11.6 Å². The number of anilines is 1. The lowest BCUT2D eigenvalue weighted by Crippen LogP contribution is -2.48. The van der Waals surface area contributed by atoms with Crippen molar-refractivity contribution in [3.05, 3.63) is 29.8 Å². The highest BCUT2D eigenvalue weighted by molar-refractivity contribution is 5.94. The van der Waals surface area contributed by atoms with Gasteiger partial charge in [-0.1, -0.05) is 13.8 Å². The topological polar surface area (TPSA) is 35.6 Å². The fourth-order valence-electron chi connectivity index (χ4n) is 2.67. The van der Waals surface area contributed by atoms with Crippen LogP contribution in [0.25, 0.3) is 0 Å². The maximum Gasteiger partial charge on any atom is 0.253 e. The van der Waals surface area contributed by atoms with E-state index in [0.717, 1.165) is 56.9 Å². The van der Waals surface area contributed by atoms with Crippen molar-refractivity contribution in [2.45, 2.75) is 26.7 Å². The van der Waals surface area contributed by atoms with Gasteiger partial charge < -0.3 is 10.2 Å². The minimum Gasteiger partial charge on any atom is -0.385 e. The van der Waals surface area contributed by atoms with Crippen LogP contribution in [0.15, 0.2) is 24.3 Å². The molecule has 0 saturated carbocycles. The summed E-state index contributed by atoms with van der Waals surface area (Å²) < 4.78 is 0. The standard InChI is InChI=1S/C17H27N3O/c1-3-9-18-16-7-5-15(6-8-16)17(21)20-13-11-19(10-4-2)12-14-20/h5-8,18H,3-4,9-14H2,1-2H3. The molecule has 0 unspecified atom stereocenters. The predicted molar refractivity (Wildman–Crippen MR) is 87.9 cm³/mol. The molecule has 4 heteroatoms. The SMILES string of the molecule is CCCNc1ccc(C(=O)N2CCN(CCC)CC2)cc1. The summed E-state index contributed by atoms with van der Waals surface area (Å²) in [6, 6.07) is 7.85. The van der Waals surface area contributed by atoms with Gasteiger partial charge in [-0.25, -0.2) is 0 Å².